The average molecular weight is 204 g/mol. The molecule has 5 heteroatoms. The van der Waals surface area contributed by atoms with Crippen LogP contribution < -0.4 is 0 Å². The highest BCUT2D eigenvalue weighted by Gasteiger charge is 2.34. The minimum Gasteiger partial charge on any atom is -0.390 e. The van der Waals surface area contributed by atoms with Crippen molar-refractivity contribution in [2.24, 2.45) is 0 Å². The summed E-state index contributed by atoms with van der Waals surface area (Å²) < 4.78 is 38.8. The number of rotatable bonds is 3. The van der Waals surface area contributed by atoms with Crippen LogP contribution in [-0.4, -0.2) is 18.0 Å². The molecule has 0 unspecified atom stereocenters. The highest BCUT2D eigenvalue weighted by atomic mass is 19.3. The van der Waals surface area contributed by atoms with Gasteiger partial charge in [0.1, 0.15) is 12.4 Å². The van der Waals surface area contributed by atoms with Crippen molar-refractivity contribution in [2.45, 2.75) is 5.92 Å². The predicted octanol–water partition coefficient (Wildman–Crippen LogP) is 1.72. The molecule has 0 radical (unpaired) electrons. The monoisotopic (exact) mass is 204 g/mol. The van der Waals surface area contributed by atoms with E-state index in [1.165, 1.54) is 0 Å². The average Bonchev–Trinajstić information content (AvgIpc) is 2.18. The Kier molecular flexibility index (Phi) is 2.90. The summed E-state index contributed by atoms with van der Waals surface area (Å²) in [7, 11) is 0. The number of carbonyl (C=O) groups is 1. The Morgan fingerprint density at radius 3 is 2.57 bits per heavy atom. The molecule has 0 spiro atoms. The van der Waals surface area contributed by atoms with Crippen LogP contribution in [0.1, 0.15) is 15.9 Å². The van der Waals surface area contributed by atoms with E-state index in [4.69, 9.17) is 5.11 Å². The van der Waals surface area contributed by atoms with Crippen LogP contribution in [0.25, 0.3) is 0 Å². The number of hydrogen-bond acceptors (Lipinski definition) is 2. The lowest BCUT2D eigenvalue weighted by Crippen LogP contribution is -2.20. The van der Waals surface area contributed by atoms with E-state index in [1.54, 1.807) is 0 Å². The van der Waals surface area contributed by atoms with E-state index in [9.17, 15) is 18.0 Å². The summed E-state index contributed by atoms with van der Waals surface area (Å²) in [6, 6.07) is 3.05. The summed E-state index contributed by atoms with van der Waals surface area (Å²) in [4.78, 5) is 10.2. The predicted molar refractivity (Wildman–Crippen MR) is 42.8 cm³/mol. The van der Waals surface area contributed by atoms with Crippen LogP contribution in [0.4, 0.5) is 13.2 Å². The fourth-order valence-electron chi connectivity index (χ4n) is 1.01. The topological polar surface area (TPSA) is 37.3 Å². The number of halogens is 3. The summed E-state index contributed by atoms with van der Waals surface area (Å²) in [6.45, 7) is -1.49. The first-order valence-electron chi connectivity index (χ1n) is 3.76. The number of hydrogen-bond donors (Lipinski definition) is 1. The Balaban J connectivity index is 3.29. The SMILES string of the molecule is O=Cc1cccc(C(F)(F)CO)c1F. The van der Waals surface area contributed by atoms with Gasteiger partial charge in [0, 0.05) is 0 Å². The molecule has 1 rings (SSSR count). The van der Waals surface area contributed by atoms with Crippen molar-refractivity contribution in [1.82, 2.24) is 0 Å². The molecule has 14 heavy (non-hydrogen) atoms. The molecule has 1 aromatic carbocycles. The Labute approximate surface area is 78.0 Å². The molecule has 0 bridgehead atoms. The summed E-state index contributed by atoms with van der Waals surface area (Å²) in [5.74, 6) is -4.95. The number of alkyl halides is 2. The van der Waals surface area contributed by atoms with Gasteiger partial charge in [-0.05, 0) is 12.1 Å². The summed E-state index contributed by atoms with van der Waals surface area (Å²) in [5.41, 5.74) is -1.42. The summed E-state index contributed by atoms with van der Waals surface area (Å²) in [5, 5.41) is 8.33. The van der Waals surface area contributed by atoms with E-state index in [0.29, 0.717) is 0 Å². The van der Waals surface area contributed by atoms with E-state index in [2.05, 4.69) is 0 Å². The van der Waals surface area contributed by atoms with Crippen molar-refractivity contribution >= 4 is 6.29 Å². The van der Waals surface area contributed by atoms with Gasteiger partial charge in [-0.3, -0.25) is 4.79 Å². The largest absolute Gasteiger partial charge is 0.390 e. The second-order valence-electron chi connectivity index (χ2n) is 2.69. The van der Waals surface area contributed by atoms with Gasteiger partial charge in [-0.1, -0.05) is 6.07 Å². The van der Waals surface area contributed by atoms with Gasteiger partial charge >= 0.3 is 0 Å². The minimum atomic E-state index is -3.66. The Hall–Kier alpha value is -1.36. The van der Waals surface area contributed by atoms with Gasteiger partial charge in [0.2, 0.25) is 0 Å². The molecule has 0 saturated carbocycles. The van der Waals surface area contributed by atoms with Crippen LogP contribution in [0.15, 0.2) is 18.2 Å². The van der Waals surface area contributed by atoms with Crippen molar-refractivity contribution in [1.29, 1.82) is 0 Å². The van der Waals surface area contributed by atoms with Crippen molar-refractivity contribution in [3.8, 4) is 0 Å². The normalized spacial score (nSPS) is 11.4. The third-order valence-corrected chi connectivity index (χ3v) is 1.75. The van der Waals surface area contributed by atoms with Crippen LogP contribution in [-0.2, 0) is 5.92 Å². The van der Waals surface area contributed by atoms with Crippen LogP contribution in [0.3, 0.4) is 0 Å². The maximum absolute atomic E-state index is 13.1. The van der Waals surface area contributed by atoms with E-state index >= 15 is 0 Å². The molecule has 0 amide bonds. The molecule has 0 aliphatic heterocycles. The smallest absolute Gasteiger partial charge is 0.298 e. The Morgan fingerprint density at radius 2 is 2.07 bits per heavy atom. The first kappa shape index (κ1) is 10.7. The van der Waals surface area contributed by atoms with Crippen molar-refractivity contribution in [3.63, 3.8) is 0 Å². The van der Waals surface area contributed by atoms with Crippen molar-refractivity contribution < 1.29 is 23.1 Å². The van der Waals surface area contributed by atoms with Gasteiger partial charge in [-0.2, -0.15) is 8.78 Å². The molecule has 1 N–H and O–H groups in total. The lowest BCUT2D eigenvalue weighted by atomic mass is 10.1. The fraction of sp³-hybridized carbons (Fsp3) is 0.222. The van der Waals surface area contributed by atoms with Crippen LogP contribution in [0, 0.1) is 5.82 Å². The van der Waals surface area contributed by atoms with Gasteiger partial charge in [-0.25, -0.2) is 4.39 Å². The first-order chi connectivity index (χ1) is 6.53. The summed E-state index contributed by atoms with van der Waals surface area (Å²) >= 11 is 0. The van der Waals surface area contributed by atoms with E-state index < -0.39 is 29.5 Å². The number of aliphatic hydroxyl groups excluding tert-OH is 1. The van der Waals surface area contributed by atoms with Crippen LogP contribution in [0.2, 0.25) is 0 Å². The Morgan fingerprint density at radius 1 is 1.43 bits per heavy atom. The minimum absolute atomic E-state index is 0.145. The molecule has 0 atom stereocenters. The zero-order valence-corrected chi connectivity index (χ0v) is 7.01. The van der Waals surface area contributed by atoms with Crippen molar-refractivity contribution in [3.05, 3.63) is 35.1 Å². The molecule has 2 nitrogen and oxygen atoms in total. The van der Waals surface area contributed by atoms with Crippen LogP contribution >= 0.6 is 0 Å². The van der Waals surface area contributed by atoms with Crippen LogP contribution in [0.5, 0.6) is 0 Å². The quantitative estimate of drug-likeness (QED) is 0.761. The molecular weight excluding hydrogens is 197 g/mol. The molecule has 0 aliphatic carbocycles. The van der Waals surface area contributed by atoms with Gasteiger partial charge in [0.25, 0.3) is 5.92 Å². The molecule has 76 valence electrons. The molecular formula is C9H7F3O2. The van der Waals surface area contributed by atoms with E-state index in [1.807, 2.05) is 0 Å². The van der Waals surface area contributed by atoms with Gasteiger partial charge < -0.3 is 5.11 Å². The standard InChI is InChI=1S/C9H7F3O2/c10-8-6(4-13)2-1-3-7(8)9(11,12)5-14/h1-4,14H,5H2. The number of aldehydes is 1. The molecule has 0 saturated heterocycles. The van der Waals surface area contributed by atoms with Gasteiger partial charge in [0.15, 0.2) is 6.29 Å². The van der Waals surface area contributed by atoms with Crippen molar-refractivity contribution in [2.75, 3.05) is 6.61 Å². The third-order valence-electron chi connectivity index (χ3n) is 1.75. The lowest BCUT2D eigenvalue weighted by molar-refractivity contribution is -0.0583. The molecule has 0 fully saturated rings. The molecule has 0 aliphatic rings. The fourth-order valence-corrected chi connectivity index (χ4v) is 1.01. The maximum atomic E-state index is 13.1. The van der Waals surface area contributed by atoms with E-state index in [0.717, 1.165) is 18.2 Å². The highest BCUT2D eigenvalue weighted by Crippen LogP contribution is 2.30. The maximum Gasteiger partial charge on any atom is 0.298 e. The first-order valence-corrected chi connectivity index (χ1v) is 3.76. The zero-order valence-electron chi connectivity index (χ0n) is 7.01. The molecule has 0 heterocycles. The third kappa shape index (κ3) is 1.77. The number of aliphatic hydroxyl groups is 1. The number of carbonyl (C=O) groups excluding carboxylic acids is 1. The Bertz CT molecular complexity index is 350. The van der Waals surface area contributed by atoms with Gasteiger partial charge in [0.05, 0.1) is 11.1 Å². The lowest BCUT2D eigenvalue weighted by Gasteiger charge is -2.14. The molecule has 0 aromatic heterocycles. The van der Waals surface area contributed by atoms with E-state index in [-0.39, 0.29) is 6.29 Å². The summed E-state index contributed by atoms with van der Waals surface area (Å²) in [6.07, 6.45) is 0.145. The zero-order chi connectivity index (χ0) is 10.8. The molecule has 1 aromatic rings. The second kappa shape index (κ2) is 3.79. The van der Waals surface area contributed by atoms with Gasteiger partial charge in [-0.15, -0.1) is 0 Å². The number of benzene rings is 1. The second-order valence-corrected chi connectivity index (χ2v) is 2.69. The highest BCUT2D eigenvalue weighted by molar-refractivity contribution is 5.75.